The van der Waals surface area contributed by atoms with Crippen LogP contribution in [0.4, 0.5) is 0 Å². The molecule has 5 nitrogen and oxygen atoms in total. The van der Waals surface area contributed by atoms with E-state index in [4.69, 9.17) is 11.3 Å². The molecule has 0 aromatic heterocycles. The second kappa shape index (κ2) is 8.35. The maximum absolute atomic E-state index is 6.00. The summed E-state index contributed by atoms with van der Waals surface area (Å²) < 4.78 is 0. The lowest BCUT2D eigenvalue weighted by atomic mass is 10.2. The summed E-state index contributed by atoms with van der Waals surface area (Å²) >= 11 is 0. The zero-order valence-corrected chi connectivity index (χ0v) is 7.22. The average Bonchev–Trinajstić information content (AvgIpc) is 2.21. The fourth-order valence-electron chi connectivity index (χ4n) is 0.647. The SMILES string of the molecule is N=NC=NN.NCc1ccccc1. The summed E-state index contributed by atoms with van der Waals surface area (Å²) in [5.74, 6) is 4.49. The molecule has 13 heavy (non-hydrogen) atoms. The Balaban J connectivity index is 0.000000252. The lowest BCUT2D eigenvalue weighted by Gasteiger charge is -1.90. The van der Waals surface area contributed by atoms with Gasteiger partial charge in [0.25, 0.3) is 0 Å². The van der Waals surface area contributed by atoms with Crippen LogP contribution in [0.5, 0.6) is 0 Å². The van der Waals surface area contributed by atoms with E-state index in [0.29, 0.717) is 6.54 Å². The summed E-state index contributed by atoms with van der Waals surface area (Å²) in [6.45, 7) is 0.640. The van der Waals surface area contributed by atoms with Crippen molar-refractivity contribution < 1.29 is 0 Å². The summed E-state index contributed by atoms with van der Waals surface area (Å²) in [4.78, 5) is 0. The topological polar surface area (TPSA) is 101 Å². The first-order valence-electron chi connectivity index (χ1n) is 3.67. The van der Waals surface area contributed by atoms with Crippen LogP contribution >= 0.6 is 0 Å². The van der Waals surface area contributed by atoms with Gasteiger partial charge in [0.05, 0.1) is 0 Å². The first-order chi connectivity index (χ1) is 6.35. The molecule has 0 amide bonds. The van der Waals surface area contributed by atoms with Crippen molar-refractivity contribution in [2.45, 2.75) is 6.54 Å². The minimum Gasteiger partial charge on any atom is -0.326 e. The van der Waals surface area contributed by atoms with Crippen molar-refractivity contribution in [2.75, 3.05) is 0 Å². The Bertz CT molecular complexity index is 244. The first-order valence-corrected chi connectivity index (χ1v) is 3.67. The van der Waals surface area contributed by atoms with Crippen LogP contribution in [0.2, 0.25) is 0 Å². The number of nitrogens with one attached hydrogen (secondary N) is 1. The predicted octanol–water partition coefficient (Wildman–Crippen LogP) is 1.06. The predicted molar refractivity (Wildman–Crippen MR) is 52.2 cm³/mol. The molecular formula is C8H13N5. The Kier molecular flexibility index (Phi) is 7.22. The van der Waals surface area contributed by atoms with Crippen molar-refractivity contribution in [1.29, 1.82) is 5.53 Å². The average molecular weight is 179 g/mol. The summed E-state index contributed by atoms with van der Waals surface area (Å²) in [6, 6.07) is 9.99. The highest BCUT2D eigenvalue weighted by molar-refractivity contribution is 5.52. The Hall–Kier alpha value is -1.75. The van der Waals surface area contributed by atoms with Gasteiger partial charge in [0, 0.05) is 6.54 Å². The Morgan fingerprint density at radius 3 is 2.15 bits per heavy atom. The van der Waals surface area contributed by atoms with Gasteiger partial charge in [0.2, 0.25) is 0 Å². The highest BCUT2D eigenvalue weighted by atomic mass is 15.2. The number of benzene rings is 1. The third-order valence-corrected chi connectivity index (χ3v) is 1.20. The number of hydrazone groups is 1. The minimum atomic E-state index is 0.640. The molecule has 70 valence electrons. The van der Waals surface area contributed by atoms with Crippen molar-refractivity contribution >= 4 is 6.34 Å². The molecule has 0 saturated heterocycles. The molecule has 0 bridgehead atoms. The van der Waals surface area contributed by atoms with Crippen molar-refractivity contribution in [1.82, 2.24) is 0 Å². The standard InChI is InChI=1S/C7H9N.CH4N4/c8-6-7-4-2-1-3-5-7;2-4-1-5-3/h1-5H,6,8H2;1-2H,3H2. The Morgan fingerprint density at radius 1 is 1.31 bits per heavy atom. The molecular weight excluding hydrogens is 166 g/mol. The van der Waals surface area contributed by atoms with Crippen LogP contribution in [0.3, 0.4) is 0 Å². The zero-order valence-electron chi connectivity index (χ0n) is 7.22. The van der Waals surface area contributed by atoms with Gasteiger partial charge in [-0.2, -0.15) is 5.10 Å². The van der Waals surface area contributed by atoms with Crippen LogP contribution in [-0.4, -0.2) is 6.34 Å². The van der Waals surface area contributed by atoms with E-state index in [0.717, 1.165) is 6.34 Å². The van der Waals surface area contributed by atoms with Crippen LogP contribution in [0.1, 0.15) is 5.56 Å². The molecule has 1 rings (SSSR count). The molecule has 0 aliphatic carbocycles. The number of rotatable bonds is 2. The van der Waals surface area contributed by atoms with Crippen LogP contribution in [0.15, 0.2) is 40.5 Å². The van der Waals surface area contributed by atoms with E-state index < -0.39 is 0 Å². The molecule has 5 heteroatoms. The van der Waals surface area contributed by atoms with E-state index in [9.17, 15) is 0 Å². The van der Waals surface area contributed by atoms with Gasteiger partial charge in [-0.3, -0.25) is 0 Å². The molecule has 1 aromatic carbocycles. The van der Waals surface area contributed by atoms with Gasteiger partial charge < -0.3 is 11.6 Å². The molecule has 0 saturated carbocycles. The van der Waals surface area contributed by atoms with Crippen LogP contribution in [0, 0.1) is 5.53 Å². The lowest BCUT2D eigenvalue weighted by Crippen LogP contribution is -1.94. The van der Waals surface area contributed by atoms with Gasteiger partial charge >= 0.3 is 0 Å². The number of hydrogen-bond acceptors (Lipinski definition) is 4. The Morgan fingerprint density at radius 2 is 1.92 bits per heavy atom. The molecule has 5 N–H and O–H groups in total. The van der Waals surface area contributed by atoms with Crippen molar-refractivity contribution in [3.05, 3.63) is 35.9 Å². The van der Waals surface area contributed by atoms with E-state index in [2.05, 4.69) is 16.1 Å². The van der Waals surface area contributed by atoms with Gasteiger partial charge in [-0.25, -0.2) is 5.53 Å². The van der Waals surface area contributed by atoms with Crippen molar-refractivity contribution in [3.8, 4) is 0 Å². The summed E-state index contributed by atoms with van der Waals surface area (Å²) in [5, 5.41) is 5.56. The van der Waals surface area contributed by atoms with Gasteiger partial charge in [-0.05, 0) is 5.56 Å². The largest absolute Gasteiger partial charge is 0.326 e. The van der Waals surface area contributed by atoms with Crippen LogP contribution in [-0.2, 0) is 6.54 Å². The molecule has 0 aliphatic rings. The zero-order chi connectivity index (χ0) is 9.94. The van der Waals surface area contributed by atoms with Gasteiger partial charge in [0.15, 0.2) is 6.34 Å². The highest BCUT2D eigenvalue weighted by Crippen LogP contribution is 1.94. The second-order valence-corrected chi connectivity index (χ2v) is 2.08. The highest BCUT2D eigenvalue weighted by Gasteiger charge is 1.80. The molecule has 0 spiro atoms. The fourth-order valence-corrected chi connectivity index (χ4v) is 0.647. The molecule has 0 heterocycles. The maximum atomic E-state index is 6.00. The van der Waals surface area contributed by atoms with Crippen molar-refractivity contribution in [3.63, 3.8) is 0 Å². The number of nitrogens with zero attached hydrogens (tertiary/aromatic N) is 2. The van der Waals surface area contributed by atoms with E-state index in [1.807, 2.05) is 30.3 Å². The fraction of sp³-hybridized carbons (Fsp3) is 0.125. The normalized spacial score (nSPS) is 9.00. The summed E-state index contributed by atoms with van der Waals surface area (Å²) in [7, 11) is 0. The Labute approximate surface area is 76.9 Å². The van der Waals surface area contributed by atoms with Crippen molar-refractivity contribution in [2.24, 2.45) is 21.8 Å². The van der Waals surface area contributed by atoms with E-state index in [1.165, 1.54) is 5.56 Å². The second-order valence-electron chi connectivity index (χ2n) is 2.08. The number of nitrogens with two attached hydrogens (primary N) is 2. The van der Waals surface area contributed by atoms with E-state index >= 15 is 0 Å². The number of hydrogen-bond donors (Lipinski definition) is 3. The van der Waals surface area contributed by atoms with E-state index in [-0.39, 0.29) is 0 Å². The quantitative estimate of drug-likeness (QED) is 0.208. The molecule has 0 atom stereocenters. The van der Waals surface area contributed by atoms with E-state index in [1.54, 1.807) is 0 Å². The van der Waals surface area contributed by atoms with Gasteiger partial charge in [-0.15, -0.1) is 5.11 Å². The summed E-state index contributed by atoms with van der Waals surface area (Å²) in [6.07, 6.45) is 0.944. The minimum absolute atomic E-state index is 0.640. The van der Waals surface area contributed by atoms with Gasteiger partial charge in [-0.1, -0.05) is 30.3 Å². The monoisotopic (exact) mass is 179 g/mol. The third-order valence-electron chi connectivity index (χ3n) is 1.20. The lowest BCUT2D eigenvalue weighted by molar-refractivity contribution is 1.07. The molecule has 0 radical (unpaired) electrons. The third kappa shape index (κ3) is 6.64. The smallest absolute Gasteiger partial charge is 0.156 e. The molecule has 0 fully saturated rings. The van der Waals surface area contributed by atoms with Gasteiger partial charge in [0.1, 0.15) is 0 Å². The summed E-state index contributed by atoms with van der Waals surface area (Å²) in [5.41, 5.74) is 12.5. The van der Waals surface area contributed by atoms with Crippen LogP contribution in [0.25, 0.3) is 0 Å². The van der Waals surface area contributed by atoms with Crippen LogP contribution < -0.4 is 11.6 Å². The molecule has 0 unspecified atom stereocenters. The maximum Gasteiger partial charge on any atom is 0.156 e. The first kappa shape index (κ1) is 11.2. The molecule has 0 aliphatic heterocycles. The molecule has 1 aromatic rings.